The van der Waals surface area contributed by atoms with Gasteiger partial charge in [-0.05, 0) is 12.3 Å². The molecule has 8 nitrogen and oxygen atoms in total. The third kappa shape index (κ3) is 4.30. The molecule has 0 aliphatic heterocycles. The first-order valence-electron chi connectivity index (χ1n) is 5.90. The molecule has 0 saturated heterocycles. The Hall–Kier alpha value is -2.51. The number of rotatable bonds is 6. The lowest BCUT2D eigenvalue weighted by molar-refractivity contribution is -0.139. The van der Waals surface area contributed by atoms with E-state index in [-0.39, 0.29) is 23.7 Å². The Kier molecular flexibility index (Phi) is 5.13. The Morgan fingerprint density at radius 2 is 1.70 bits per heavy atom. The van der Waals surface area contributed by atoms with Crippen LogP contribution in [0.4, 0.5) is 0 Å². The second-order valence-electron chi connectivity index (χ2n) is 4.59. The predicted molar refractivity (Wildman–Crippen MR) is 67.3 cm³/mol. The molecule has 3 N–H and O–H groups in total. The van der Waals surface area contributed by atoms with Crippen LogP contribution in [0.15, 0.2) is 12.4 Å². The van der Waals surface area contributed by atoms with E-state index >= 15 is 0 Å². The van der Waals surface area contributed by atoms with Gasteiger partial charge in [-0.1, -0.05) is 13.8 Å². The van der Waals surface area contributed by atoms with Crippen LogP contribution in [0.2, 0.25) is 0 Å². The van der Waals surface area contributed by atoms with E-state index in [0.717, 1.165) is 12.4 Å². The van der Waals surface area contributed by atoms with Crippen LogP contribution in [-0.4, -0.2) is 44.1 Å². The maximum absolute atomic E-state index is 11.8. The number of nitrogens with zero attached hydrogens (tertiary/aromatic N) is 2. The molecule has 1 heterocycles. The zero-order valence-electron chi connectivity index (χ0n) is 11.0. The third-order valence-corrected chi connectivity index (χ3v) is 2.41. The largest absolute Gasteiger partial charge is 0.480 e. The van der Waals surface area contributed by atoms with Gasteiger partial charge in [0.2, 0.25) is 0 Å². The van der Waals surface area contributed by atoms with Crippen molar-refractivity contribution in [3.63, 3.8) is 0 Å². The zero-order valence-corrected chi connectivity index (χ0v) is 11.0. The van der Waals surface area contributed by atoms with Gasteiger partial charge < -0.3 is 15.5 Å². The average Bonchev–Trinajstić information content (AvgIpc) is 2.37. The van der Waals surface area contributed by atoms with Gasteiger partial charge in [0.25, 0.3) is 5.91 Å². The van der Waals surface area contributed by atoms with Crippen molar-refractivity contribution >= 4 is 17.8 Å². The molecular formula is C12H15N3O5. The molecule has 0 radical (unpaired) electrons. The molecule has 8 heteroatoms. The first-order valence-corrected chi connectivity index (χ1v) is 5.90. The highest BCUT2D eigenvalue weighted by Gasteiger charge is 2.22. The Morgan fingerprint density at radius 1 is 1.15 bits per heavy atom. The van der Waals surface area contributed by atoms with E-state index in [1.54, 1.807) is 0 Å². The topological polar surface area (TPSA) is 129 Å². The molecule has 108 valence electrons. The van der Waals surface area contributed by atoms with E-state index in [0.29, 0.717) is 0 Å². The van der Waals surface area contributed by atoms with Gasteiger partial charge in [0.15, 0.2) is 5.69 Å². The molecular weight excluding hydrogens is 266 g/mol. The minimum atomic E-state index is -1.26. The maximum Gasteiger partial charge on any atom is 0.356 e. The summed E-state index contributed by atoms with van der Waals surface area (Å²) in [5.74, 6) is -3.01. The van der Waals surface area contributed by atoms with Crippen molar-refractivity contribution in [2.45, 2.75) is 26.3 Å². The summed E-state index contributed by atoms with van der Waals surface area (Å²) < 4.78 is 0. The van der Waals surface area contributed by atoms with Crippen LogP contribution >= 0.6 is 0 Å². The molecule has 0 aromatic carbocycles. The summed E-state index contributed by atoms with van der Waals surface area (Å²) in [7, 11) is 0. The van der Waals surface area contributed by atoms with Gasteiger partial charge in [-0.3, -0.25) is 4.79 Å². The lowest BCUT2D eigenvalue weighted by Crippen LogP contribution is -2.42. The first kappa shape index (κ1) is 15.5. The zero-order chi connectivity index (χ0) is 15.3. The Balaban J connectivity index is 2.78. The molecule has 1 aromatic rings. The van der Waals surface area contributed by atoms with E-state index in [2.05, 4.69) is 15.3 Å². The van der Waals surface area contributed by atoms with Crippen LogP contribution in [-0.2, 0) is 4.79 Å². The fourth-order valence-corrected chi connectivity index (χ4v) is 1.48. The minimum Gasteiger partial charge on any atom is -0.480 e. The number of nitrogens with one attached hydrogen (secondary N) is 1. The summed E-state index contributed by atoms with van der Waals surface area (Å²) in [5.41, 5.74) is -0.427. The number of aromatic carboxylic acids is 1. The molecule has 0 aliphatic rings. The van der Waals surface area contributed by atoms with Crippen LogP contribution < -0.4 is 5.32 Å². The predicted octanol–water partition coefficient (Wildman–Crippen LogP) is 0.404. The number of hydrogen-bond donors (Lipinski definition) is 3. The lowest BCUT2D eigenvalue weighted by atomic mass is 10.0. The Bertz CT molecular complexity index is 512. The van der Waals surface area contributed by atoms with Gasteiger partial charge in [-0.15, -0.1) is 0 Å². The SMILES string of the molecule is CC(C)C[C@H](NC(=O)c1cnc(C(=O)O)cn1)C(=O)O. The van der Waals surface area contributed by atoms with Crippen molar-refractivity contribution < 1.29 is 24.6 Å². The van der Waals surface area contributed by atoms with Gasteiger partial charge in [0.05, 0.1) is 12.4 Å². The van der Waals surface area contributed by atoms with Gasteiger partial charge in [0.1, 0.15) is 11.7 Å². The molecule has 0 unspecified atom stereocenters. The Morgan fingerprint density at radius 3 is 2.10 bits per heavy atom. The van der Waals surface area contributed by atoms with E-state index in [9.17, 15) is 14.4 Å². The molecule has 1 rings (SSSR count). The summed E-state index contributed by atoms with van der Waals surface area (Å²) >= 11 is 0. The molecule has 0 saturated carbocycles. The van der Waals surface area contributed by atoms with E-state index < -0.39 is 23.9 Å². The molecule has 20 heavy (non-hydrogen) atoms. The van der Waals surface area contributed by atoms with Crippen LogP contribution in [0, 0.1) is 5.92 Å². The third-order valence-electron chi connectivity index (χ3n) is 2.41. The number of amides is 1. The highest BCUT2D eigenvalue weighted by molar-refractivity contribution is 5.95. The highest BCUT2D eigenvalue weighted by Crippen LogP contribution is 2.06. The van der Waals surface area contributed by atoms with Crippen molar-refractivity contribution in [3.8, 4) is 0 Å². The highest BCUT2D eigenvalue weighted by atomic mass is 16.4. The quantitative estimate of drug-likeness (QED) is 0.688. The molecule has 0 spiro atoms. The number of carbonyl (C=O) groups is 3. The lowest BCUT2D eigenvalue weighted by Gasteiger charge is -2.15. The van der Waals surface area contributed by atoms with Crippen molar-refractivity contribution in [1.82, 2.24) is 15.3 Å². The fourth-order valence-electron chi connectivity index (χ4n) is 1.48. The normalized spacial score (nSPS) is 11.9. The molecule has 0 fully saturated rings. The number of carboxylic acid groups (broad SMARTS) is 2. The smallest absolute Gasteiger partial charge is 0.356 e. The molecule has 0 aliphatic carbocycles. The van der Waals surface area contributed by atoms with Crippen LogP contribution in [0.25, 0.3) is 0 Å². The first-order chi connectivity index (χ1) is 9.31. The molecule has 1 amide bonds. The molecule has 1 atom stereocenters. The van der Waals surface area contributed by atoms with Crippen LogP contribution in [0.3, 0.4) is 0 Å². The van der Waals surface area contributed by atoms with Gasteiger partial charge >= 0.3 is 11.9 Å². The minimum absolute atomic E-state index is 0.0943. The summed E-state index contributed by atoms with van der Waals surface area (Å²) in [6.07, 6.45) is 2.21. The summed E-state index contributed by atoms with van der Waals surface area (Å²) in [6, 6.07) is -1.02. The van der Waals surface area contributed by atoms with E-state index in [1.807, 2.05) is 13.8 Å². The van der Waals surface area contributed by atoms with Crippen LogP contribution in [0.1, 0.15) is 41.2 Å². The van der Waals surface area contributed by atoms with E-state index in [4.69, 9.17) is 10.2 Å². The average molecular weight is 281 g/mol. The Labute approximate surface area is 114 Å². The second-order valence-corrected chi connectivity index (χ2v) is 4.59. The van der Waals surface area contributed by atoms with E-state index in [1.165, 1.54) is 0 Å². The van der Waals surface area contributed by atoms with Crippen molar-refractivity contribution in [1.29, 1.82) is 0 Å². The molecule has 0 bridgehead atoms. The van der Waals surface area contributed by atoms with Crippen molar-refractivity contribution in [2.75, 3.05) is 0 Å². The molecule has 1 aromatic heterocycles. The van der Waals surface area contributed by atoms with Crippen molar-refractivity contribution in [2.24, 2.45) is 5.92 Å². The number of aromatic nitrogens is 2. The summed E-state index contributed by atoms with van der Waals surface area (Å²) in [4.78, 5) is 40.6. The van der Waals surface area contributed by atoms with Gasteiger partial charge in [0, 0.05) is 0 Å². The van der Waals surface area contributed by atoms with Crippen LogP contribution in [0.5, 0.6) is 0 Å². The standard InChI is InChI=1S/C12H15N3O5/c1-6(2)3-7(11(17)18)15-10(16)8-4-14-9(5-13-8)12(19)20/h4-7H,3H2,1-2H3,(H,15,16)(H,17,18)(H,19,20)/t7-/m0/s1. The monoisotopic (exact) mass is 281 g/mol. The number of hydrogen-bond acceptors (Lipinski definition) is 5. The maximum atomic E-state index is 11.8. The second kappa shape index (κ2) is 6.60. The number of carbonyl (C=O) groups excluding carboxylic acids is 1. The summed E-state index contributed by atoms with van der Waals surface area (Å²) in [6.45, 7) is 3.67. The van der Waals surface area contributed by atoms with Crippen molar-refractivity contribution in [3.05, 3.63) is 23.8 Å². The summed E-state index contributed by atoms with van der Waals surface area (Å²) in [5, 5.41) is 20.0. The fraction of sp³-hybridized carbons (Fsp3) is 0.417. The van der Waals surface area contributed by atoms with Gasteiger partial charge in [-0.25, -0.2) is 19.6 Å². The number of aliphatic carboxylic acids is 1. The number of carboxylic acids is 2. The van der Waals surface area contributed by atoms with Gasteiger partial charge in [-0.2, -0.15) is 0 Å².